The molecule has 5 nitrogen and oxygen atoms in total. The van der Waals surface area contributed by atoms with Gasteiger partial charge in [-0.2, -0.15) is 0 Å². The zero-order chi connectivity index (χ0) is 14.6. The minimum Gasteiger partial charge on any atom is -0.480 e. The van der Waals surface area contributed by atoms with Crippen molar-refractivity contribution in [1.29, 1.82) is 0 Å². The summed E-state index contributed by atoms with van der Waals surface area (Å²) in [7, 11) is 0. The largest absolute Gasteiger partial charge is 0.480 e. The Labute approximate surface area is 115 Å². The van der Waals surface area contributed by atoms with Gasteiger partial charge in [-0.15, -0.1) is 0 Å². The van der Waals surface area contributed by atoms with Gasteiger partial charge in [0.25, 0.3) is 0 Å². The summed E-state index contributed by atoms with van der Waals surface area (Å²) in [5, 5.41) is 8.96. The van der Waals surface area contributed by atoms with Gasteiger partial charge in [0.2, 0.25) is 0 Å². The number of rotatable bonds is 4. The number of hydrogen-bond donors (Lipinski definition) is 1. The lowest BCUT2D eigenvalue weighted by molar-refractivity contribution is -0.138. The molecule has 1 aliphatic heterocycles. The van der Waals surface area contributed by atoms with Gasteiger partial charge in [-0.1, -0.05) is 20.8 Å². The lowest BCUT2D eigenvalue weighted by atomic mass is 9.89. The van der Waals surface area contributed by atoms with E-state index in [1.54, 1.807) is 4.90 Å². The van der Waals surface area contributed by atoms with Crippen LogP contribution in [0.15, 0.2) is 0 Å². The maximum Gasteiger partial charge on any atom is 0.323 e. The average Bonchev–Trinajstić information content (AvgIpc) is 2.37. The van der Waals surface area contributed by atoms with Gasteiger partial charge in [0.15, 0.2) is 0 Å². The van der Waals surface area contributed by atoms with E-state index in [1.807, 2.05) is 13.8 Å². The summed E-state index contributed by atoms with van der Waals surface area (Å²) in [6.45, 7) is 9.47. The van der Waals surface area contributed by atoms with Crippen molar-refractivity contribution in [3.63, 3.8) is 0 Å². The van der Waals surface area contributed by atoms with Crippen molar-refractivity contribution < 1.29 is 14.7 Å². The first-order valence-electron chi connectivity index (χ1n) is 7.14. The van der Waals surface area contributed by atoms with E-state index >= 15 is 0 Å². The topological polar surface area (TPSA) is 60.9 Å². The first-order chi connectivity index (χ1) is 8.86. The molecule has 1 aliphatic rings. The van der Waals surface area contributed by atoms with E-state index in [9.17, 15) is 9.59 Å². The summed E-state index contributed by atoms with van der Waals surface area (Å²) in [5.74, 6) is 0.147. The molecule has 1 saturated heterocycles. The van der Waals surface area contributed by atoms with E-state index in [2.05, 4.69) is 13.8 Å². The van der Waals surface area contributed by atoms with Crippen molar-refractivity contribution >= 4 is 12.0 Å². The number of carbonyl (C=O) groups is 2. The van der Waals surface area contributed by atoms with Crippen LogP contribution in [0, 0.1) is 11.8 Å². The Hall–Kier alpha value is -1.26. The number of amides is 2. The molecule has 19 heavy (non-hydrogen) atoms. The van der Waals surface area contributed by atoms with Crippen LogP contribution in [0.2, 0.25) is 0 Å². The number of aliphatic carboxylic acids is 1. The smallest absolute Gasteiger partial charge is 0.323 e. The second-order valence-corrected chi connectivity index (χ2v) is 5.75. The molecule has 110 valence electrons. The van der Waals surface area contributed by atoms with Gasteiger partial charge in [0.1, 0.15) is 6.54 Å². The highest BCUT2D eigenvalue weighted by molar-refractivity contribution is 5.80. The number of carboxylic acids is 1. The molecular weight excluding hydrogens is 244 g/mol. The molecule has 0 spiro atoms. The number of nitrogens with zero attached hydrogens (tertiary/aromatic N) is 2. The van der Waals surface area contributed by atoms with Crippen LogP contribution in [0.5, 0.6) is 0 Å². The molecule has 0 bridgehead atoms. The van der Waals surface area contributed by atoms with Crippen LogP contribution >= 0.6 is 0 Å². The molecular formula is C14H26N2O3. The SMILES string of the molecule is CCC(C)N(CC(=O)O)C(=O)N1CCC(C)C(C)C1. The van der Waals surface area contributed by atoms with Crippen LogP contribution in [-0.4, -0.2) is 52.6 Å². The van der Waals surface area contributed by atoms with Crippen molar-refractivity contribution in [2.45, 2.75) is 46.6 Å². The van der Waals surface area contributed by atoms with Gasteiger partial charge in [0.05, 0.1) is 0 Å². The monoisotopic (exact) mass is 270 g/mol. The van der Waals surface area contributed by atoms with E-state index in [1.165, 1.54) is 4.90 Å². The van der Waals surface area contributed by atoms with Gasteiger partial charge in [-0.3, -0.25) is 4.79 Å². The Kier molecular flexibility index (Phi) is 5.63. The zero-order valence-corrected chi connectivity index (χ0v) is 12.4. The molecule has 0 saturated carbocycles. The highest BCUT2D eigenvalue weighted by Gasteiger charge is 2.31. The van der Waals surface area contributed by atoms with Crippen LogP contribution in [0.4, 0.5) is 4.79 Å². The molecule has 1 N–H and O–H groups in total. The summed E-state index contributed by atoms with van der Waals surface area (Å²) in [5.41, 5.74) is 0. The molecule has 0 aromatic rings. The van der Waals surface area contributed by atoms with Crippen molar-refractivity contribution in [1.82, 2.24) is 9.80 Å². The van der Waals surface area contributed by atoms with Gasteiger partial charge in [-0.25, -0.2) is 4.79 Å². The fourth-order valence-electron chi connectivity index (χ4n) is 2.40. The van der Waals surface area contributed by atoms with E-state index in [4.69, 9.17) is 5.11 Å². The lowest BCUT2D eigenvalue weighted by Crippen LogP contribution is -2.52. The van der Waals surface area contributed by atoms with Crippen molar-refractivity contribution in [3.05, 3.63) is 0 Å². The third-order valence-electron chi connectivity index (χ3n) is 4.28. The highest BCUT2D eigenvalue weighted by atomic mass is 16.4. The summed E-state index contributed by atoms with van der Waals surface area (Å²) in [6.07, 6.45) is 1.76. The third kappa shape index (κ3) is 4.11. The molecule has 1 fully saturated rings. The van der Waals surface area contributed by atoms with E-state index in [-0.39, 0.29) is 18.6 Å². The first-order valence-corrected chi connectivity index (χ1v) is 7.14. The Bertz CT molecular complexity index is 333. The molecule has 0 radical (unpaired) electrons. The second-order valence-electron chi connectivity index (χ2n) is 5.75. The van der Waals surface area contributed by atoms with Crippen LogP contribution in [0.1, 0.15) is 40.5 Å². The molecule has 5 heteroatoms. The van der Waals surface area contributed by atoms with Gasteiger partial charge < -0.3 is 14.9 Å². The first kappa shape index (κ1) is 15.8. The molecule has 1 rings (SSSR count). The van der Waals surface area contributed by atoms with E-state index < -0.39 is 5.97 Å². The van der Waals surface area contributed by atoms with E-state index in [0.29, 0.717) is 11.8 Å². The van der Waals surface area contributed by atoms with E-state index in [0.717, 1.165) is 25.9 Å². The highest BCUT2D eigenvalue weighted by Crippen LogP contribution is 2.23. The summed E-state index contributed by atoms with van der Waals surface area (Å²) in [6, 6.07) is -0.172. The Morgan fingerprint density at radius 3 is 2.47 bits per heavy atom. The number of likely N-dealkylation sites (tertiary alicyclic amines) is 1. The van der Waals surface area contributed by atoms with Crippen LogP contribution in [0.25, 0.3) is 0 Å². The standard InChI is InChI=1S/C14H26N2O3/c1-5-12(4)16(9-13(17)18)14(19)15-7-6-10(2)11(3)8-15/h10-12H,5-9H2,1-4H3,(H,17,18). The number of urea groups is 1. The van der Waals surface area contributed by atoms with Gasteiger partial charge >= 0.3 is 12.0 Å². The molecule has 0 aromatic carbocycles. The fourth-order valence-corrected chi connectivity index (χ4v) is 2.40. The number of hydrogen-bond acceptors (Lipinski definition) is 2. The Morgan fingerprint density at radius 2 is 2.00 bits per heavy atom. The number of carbonyl (C=O) groups excluding carboxylic acids is 1. The summed E-state index contributed by atoms with van der Waals surface area (Å²) in [4.78, 5) is 26.7. The van der Waals surface area contributed by atoms with Crippen LogP contribution in [0.3, 0.4) is 0 Å². The maximum absolute atomic E-state index is 12.5. The van der Waals surface area contributed by atoms with Crippen LogP contribution in [-0.2, 0) is 4.79 Å². The molecule has 3 atom stereocenters. The van der Waals surface area contributed by atoms with Crippen molar-refractivity contribution in [2.75, 3.05) is 19.6 Å². The zero-order valence-electron chi connectivity index (χ0n) is 12.4. The normalized spacial score (nSPS) is 24.9. The molecule has 2 amide bonds. The van der Waals surface area contributed by atoms with Crippen LogP contribution < -0.4 is 0 Å². The predicted molar refractivity (Wildman–Crippen MR) is 74.0 cm³/mol. The van der Waals surface area contributed by atoms with Crippen molar-refractivity contribution in [2.24, 2.45) is 11.8 Å². The number of piperidine rings is 1. The Morgan fingerprint density at radius 1 is 1.37 bits per heavy atom. The number of carboxylic acid groups (broad SMARTS) is 1. The lowest BCUT2D eigenvalue weighted by Gasteiger charge is -2.39. The second kappa shape index (κ2) is 6.78. The molecule has 3 unspecified atom stereocenters. The minimum absolute atomic E-state index is 0.0433. The quantitative estimate of drug-likeness (QED) is 0.852. The molecule has 1 heterocycles. The molecule has 0 aliphatic carbocycles. The molecule has 0 aromatic heterocycles. The van der Waals surface area contributed by atoms with Crippen molar-refractivity contribution in [3.8, 4) is 0 Å². The maximum atomic E-state index is 12.5. The summed E-state index contributed by atoms with van der Waals surface area (Å²) < 4.78 is 0. The van der Waals surface area contributed by atoms with Gasteiger partial charge in [0, 0.05) is 19.1 Å². The third-order valence-corrected chi connectivity index (χ3v) is 4.28. The Balaban J connectivity index is 2.73. The fraction of sp³-hybridized carbons (Fsp3) is 0.857. The minimum atomic E-state index is -0.952. The predicted octanol–water partition coefficient (Wildman–Crippen LogP) is 2.27. The summed E-state index contributed by atoms with van der Waals surface area (Å²) >= 11 is 0. The average molecular weight is 270 g/mol. The van der Waals surface area contributed by atoms with Gasteiger partial charge in [-0.05, 0) is 31.6 Å².